The maximum Gasteiger partial charge on any atom is 0.223 e. The van der Waals surface area contributed by atoms with Gasteiger partial charge in [0.15, 0.2) is 0 Å². The fourth-order valence-electron chi connectivity index (χ4n) is 2.38. The van der Waals surface area contributed by atoms with E-state index < -0.39 is 0 Å². The van der Waals surface area contributed by atoms with Crippen molar-refractivity contribution in [2.75, 3.05) is 13.1 Å². The number of nitrogens with zero attached hydrogens (tertiary/aromatic N) is 1. The van der Waals surface area contributed by atoms with Crippen molar-refractivity contribution in [3.05, 3.63) is 0 Å². The fraction of sp³-hybridized carbons (Fsp3) is 0.917. The van der Waals surface area contributed by atoms with E-state index in [2.05, 4.69) is 32.6 Å². The minimum absolute atomic E-state index is 0.112. The highest BCUT2D eigenvalue weighted by Gasteiger charge is 2.40. The minimum Gasteiger partial charge on any atom is -0.369 e. The lowest BCUT2D eigenvalue weighted by atomic mass is 9.75. The van der Waals surface area contributed by atoms with Gasteiger partial charge in [0.25, 0.3) is 0 Å². The predicted molar refractivity (Wildman–Crippen MR) is 62.5 cm³/mol. The smallest absolute Gasteiger partial charge is 0.223 e. The van der Waals surface area contributed by atoms with Crippen LogP contribution in [-0.2, 0) is 4.79 Å². The van der Waals surface area contributed by atoms with Crippen LogP contribution in [0, 0.1) is 5.41 Å². The average Bonchev–Trinajstić information content (AvgIpc) is 2.16. The van der Waals surface area contributed by atoms with Crippen LogP contribution < -0.4 is 5.73 Å². The first kappa shape index (κ1) is 12.5. The molecule has 0 aromatic carbocycles. The fourth-order valence-corrected chi connectivity index (χ4v) is 2.38. The van der Waals surface area contributed by atoms with Crippen LogP contribution in [-0.4, -0.2) is 29.4 Å². The van der Waals surface area contributed by atoms with Crippen LogP contribution in [0.25, 0.3) is 0 Å². The first-order chi connectivity index (χ1) is 6.82. The first-order valence-electron chi connectivity index (χ1n) is 5.87. The zero-order chi connectivity index (χ0) is 11.7. The van der Waals surface area contributed by atoms with E-state index in [1.807, 2.05) is 0 Å². The Labute approximate surface area is 93.0 Å². The molecule has 3 nitrogen and oxygen atoms in total. The number of primary amides is 1. The molecule has 0 bridgehead atoms. The molecule has 2 N–H and O–H groups in total. The monoisotopic (exact) mass is 212 g/mol. The lowest BCUT2D eigenvalue weighted by Crippen LogP contribution is -2.52. The Kier molecular flexibility index (Phi) is 3.44. The third-order valence-electron chi connectivity index (χ3n) is 3.87. The van der Waals surface area contributed by atoms with Gasteiger partial charge in [-0.25, -0.2) is 0 Å². The Morgan fingerprint density at radius 1 is 1.33 bits per heavy atom. The molecule has 1 saturated heterocycles. The van der Waals surface area contributed by atoms with Crippen LogP contribution in [0.15, 0.2) is 0 Å². The molecule has 1 aliphatic rings. The van der Waals surface area contributed by atoms with Crippen LogP contribution in [0.1, 0.15) is 47.0 Å². The summed E-state index contributed by atoms with van der Waals surface area (Å²) in [6.45, 7) is 10.7. The van der Waals surface area contributed by atoms with Crippen LogP contribution in [0.4, 0.5) is 0 Å². The lowest BCUT2D eigenvalue weighted by Gasteiger charge is -2.45. The molecule has 1 aliphatic heterocycles. The van der Waals surface area contributed by atoms with Crippen molar-refractivity contribution in [2.24, 2.45) is 11.1 Å². The topological polar surface area (TPSA) is 46.3 Å². The Morgan fingerprint density at radius 3 is 2.07 bits per heavy atom. The van der Waals surface area contributed by atoms with Gasteiger partial charge >= 0.3 is 0 Å². The molecule has 0 atom stereocenters. The molecule has 0 spiro atoms. The normalized spacial score (nSPS) is 22.7. The maximum absolute atomic E-state index is 11.5. The van der Waals surface area contributed by atoms with Gasteiger partial charge in [0.1, 0.15) is 0 Å². The summed E-state index contributed by atoms with van der Waals surface area (Å²) in [6, 6.07) is 0. The Morgan fingerprint density at radius 2 is 1.80 bits per heavy atom. The van der Waals surface area contributed by atoms with E-state index in [9.17, 15) is 4.79 Å². The molecule has 1 heterocycles. The summed E-state index contributed by atoms with van der Waals surface area (Å²) in [5.41, 5.74) is 5.48. The molecule has 0 saturated carbocycles. The van der Waals surface area contributed by atoms with Gasteiger partial charge in [0.2, 0.25) is 5.91 Å². The summed E-state index contributed by atoms with van der Waals surface area (Å²) >= 11 is 0. The number of carbonyl (C=O) groups excluding carboxylic acids is 1. The lowest BCUT2D eigenvalue weighted by molar-refractivity contribution is -0.131. The molecule has 1 amide bonds. The van der Waals surface area contributed by atoms with Crippen molar-refractivity contribution in [1.82, 2.24) is 4.90 Å². The number of amides is 1. The van der Waals surface area contributed by atoms with Crippen molar-refractivity contribution in [3.8, 4) is 0 Å². The summed E-state index contributed by atoms with van der Waals surface area (Å²) in [4.78, 5) is 13.9. The van der Waals surface area contributed by atoms with Gasteiger partial charge in [0, 0.05) is 5.54 Å². The van der Waals surface area contributed by atoms with Crippen LogP contribution in [0.3, 0.4) is 0 Å². The highest BCUT2D eigenvalue weighted by atomic mass is 16.1. The van der Waals surface area contributed by atoms with E-state index >= 15 is 0 Å². The highest BCUT2D eigenvalue weighted by Crippen LogP contribution is 2.36. The number of hydrogen-bond donors (Lipinski definition) is 1. The second kappa shape index (κ2) is 4.12. The minimum atomic E-state index is -0.234. The molecular formula is C12H24N2O. The third-order valence-corrected chi connectivity index (χ3v) is 3.87. The van der Waals surface area contributed by atoms with E-state index in [4.69, 9.17) is 5.73 Å². The van der Waals surface area contributed by atoms with Gasteiger partial charge in [-0.05, 0) is 53.1 Å². The van der Waals surface area contributed by atoms with Gasteiger partial charge in [0.05, 0.1) is 5.41 Å². The second-order valence-corrected chi connectivity index (χ2v) is 5.66. The van der Waals surface area contributed by atoms with E-state index in [1.165, 1.54) is 0 Å². The molecule has 0 aromatic rings. The average molecular weight is 212 g/mol. The number of rotatable bonds is 2. The van der Waals surface area contributed by atoms with Gasteiger partial charge in [-0.3, -0.25) is 9.69 Å². The SMILES string of the molecule is CCC1(C(N)=O)CCN(C(C)(C)C)CC1. The first-order valence-corrected chi connectivity index (χ1v) is 5.87. The van der Waals surface area contributed by atoms with Crippen molar-refractivity contribution >= 4 is 5.91 Å². The van der Waals surface area contributed by atoms with E-state index in [0.29, 0.717) is 0 Å². The predicted octanol–water partition coefficient (Wildman–Crippen LogP) is 1.76. The molecule has 0 aliphatic carbocycles. The molecule has 0 radical (unpaired) electrons. The van der Waals surface area contributed by atoms with Crippen LogP contribution >= 0.6 is 0 Å². The summed E-state index contributed by atoms with van der Waals surface area (Å²) in [6.07, 6.45) is 2.70. The molecule has 1 rings (SSSR count). The Balaban J connectivity index is 2.65. The second-order valence-electron chi connectivity index (χ2n) is 5.66. The largest absolute Gasteiger partial charge is 0.369 e. The summed E-state index contributed by atoms with van der Waals surface area (Å²) in [7, 11) is 0. The van der Waals surface area contributed by atoms with E-state index in [1.54, 1.807) is 0 Å². The van der Waals surface area contributed by atoms with Crippen LogP contribution in [0.5, 0.6) is 0 Å². The number of piperidine rings is 1. The summed E-state index contributed by atoms with van der Waals surface area (Å²) < 4.78 is 0. The van der Waals surface area contributed by atoms with Gasteiger partial charge in [-0.2, -0.15) is 0 Å². The van der Waals surface area contributed by atoms with Crippen LogP contribution in [0.2, 0.25) is 0 Å². The van der Waals surface area contributed by atoms with Crippen molar-refractivity contribution in [2.45, 2.75) is 52.5 Å². The molecule has 3 heteroatoms. The molecular weight excluding hydrogens is 188 g/mol. The Bertz CT molecular complexity index is 234. The molecule has 15 heavy (non-hydrogen) atoms. The molecule has 88 valence electrons. The quantitative estimate of drug-likeness (QED) is 0.758. The third kappa shape index (κ3) is 2.51. The van der Waals surface area contributed by atoms with E-state index in [0.717, 1.165) is 32.4 Å². The number of hydrogen-bond acceptors (Lipinski definition) is 2. The molecule has 0 aromatic heterocycles. The zero-order valence-corrected chi connectivity index (χ0v) is 10.5. The number of carbonyl (C=O) groups is 1. The van der Waals surface area contributed by atoms with E-state index in [-0.39, 0.29) is 16.9 Å². The zero-order valence-electron chi connectivity index (χ0n) is 10.5. The number of likely N-dealkylation sites (tertiary alicyclic amines) is 1. The summed E-state index contributed by atoms with van der Waals surface area (Å²) in [5.74, 6) is -0.112. The van der Waals surface area contributed by atoms with Gasteiger partial charge < -0.3 is 5.73 Å². The van der Waals surface area contributed by atoms with Gasteiger partial charge in [-0.1, -0.05) is 6.92 Å². The van der Waals surface area contributed by atoms with Gasteiger partial charge in [-0.15, -0.1) is 0 Å². The molecule has 0 unspecified atom stereocenters. The highest BCUT2D eigenvalue weighted by molar-refractivity contribution is 5.80. The van der Waals surface area contributed by atoms with Crippen molar-refractivity contribution in [1.29, 1.82) is 0 Å². The molecule has 1 fully saturated rings. The van der Waals surface area contributed by atoms with Crippen molar-refractivity contribution in [3.63, 3.8) is 0 Å². The Hall–Kier alpha value is -0.570. The number of nitrogens with two attached hydrogens (primary N) is 1. The van der Waals surface area contributed by atoms with Crippen molar-refractivity contribution < 1.29 is 4.79 Å². The maximum atomic E-state index is 11.5. The summed E-state index contributed by atoms with van der Waals surface area (Å²) in [5, 5.41) is 0. The standard InChI is InChI=1S/C12H24N2O/c1-5-12(10(13)15)6-8-14(9-7-12)11(2,3)4/h5-9H2,1-4H3,(H2,13,15).